The first-order valence-electron chi connectivity index (χ1n) is 8.67. The van der Waals surface area contributed by atoms with Crippen molar-refractivity contribution in [1.29, 1.82) is 0 Å². The van der Waals surface area contributed by atoms with Crippen molar-refractivity contribution in [3.05, 3.63) is 60.7 Å². The van der Waals surface area contributed by atoms with E-state index in [0.717, 1.165) is 11.4 Å². The molecule has 0 N–H and O–H groups in total. The number of hydrogen-bond donors (Lipinski definition) is 0. The lowest BCUT2D eigenvalue weighted by Crippen LogP contribution is -2.43. The number of hydrogen-bond acceptors (Lipinski definition) is 4. The molecule has 0 fully saturated rings. The van der Waals surface area contributed by atoms with Gasteiger partial charge >= 0.3 is 0 Å². The van der Waals surface area contributed by atoms with Crippen LogP contribution >= 0.6 is 0 Å². The molecule has 132 valence electrons. The van der Waals surface area contributed by atoms with Gasteiger partial charge in [-0.3, -0.25) is 9.69 Å². The normalized spacial score (nSPS) is 16.8. The summed E-state index contributed by atoms with van der Waals surface area (Å²) in [5.74, 6) is 6.95. The van der Waals surface area contributed by atoms with Crippen LogP contribution in [-0.2, 0) is 4.79 Å². The number of benzene rings is 2. The predicted octanol–water partition coefficient (Wildman–Crippen LogP) is 4.29. The molecule has 0 saturated heterocycles. The van der Waals surface area contributed by atoms with E-state index in [2.05, 4.69) is 37.7 Å². The van der Waals surface area contributed by atoms with E-state index in [1.54, 1.807) is 0 Å². The van der Waals surface area contributed by atoms with Gasteiger partial charge in [-0.15, -0.1) is 5.10 Å². The molecule has 2 aromatic rings. The number of carbonyl (C=O) groups is 1. The van der Waals surface area contributed by atoms with Crippen molar-refractivity contribution >= 4 is 23.0 Å². The van der Waals surface area contributed by atoms with Crippen LogP contribution in [0, 0.1) is 17.3 Å². The highest BCUT2D eigenvalue weighted by Gasteiger charge is 2.37. The van der Waals surface area contributed by atoms with Crippen molar-refractivity contribution in [2.75, 3.05) is 9.91 Å². The van der Waals surface area contributed by atoms with Crippen molar-refractivity contribution in [1.82, 2.24) is 0 Å². The lowest BCUT2D eigenvalue weighted by molar-refractivity contribution is -0.111. The summed E-state index contributed by atoms with van der Waals surface area (Å²) in [7, 11) is 0. The van der Waals surface area contributed by atoms with Crippen LogP contribution in [0.25, 0.3) is 0 Å². The zero-order valence-electron chi connectivity index (χ0n) is 15.6. The van der Waals surface area contributed by atoms with Crippen LogP contribution in [0.5, 0.6) is 0 Å². The second kappa shape index (κ2) is 7.05. The van der Waals surface area contributed by atoms with Crippen molar-refractivity contribution < 1.29 is 4.79 Å². The molecule has 4 heteroatoms. The average molecular weight is 345 g/mol. The van der Waals surface area contributed by atoms with Gasteiger partial charge in [0.25, 0.3) is 0 Å². The molecular formula is C22H23N3O. The van der Waals surface area contributed by atoms with Gasteiger partial charge < -0.3 is 0 Å². The van der Waals surface area contributed by atoms with Gasteiger partial charge in [0.2, 0.25) is 0 Å². The van der Waals surface area contributed by atoms with Crippen molar-refractivity contribution in [2.45, 2.75) is 33.9 Å². The fraction of sp³-hybridized carbons (Fsp3) is 0.273. The topological polar surface area (TPSA) is 35.9 Å². The van der Waals surface area contributed by atoms with Crippen molar-refractivity contribution in [3.8, 4) is 11.8 Å². The standard InChI is InChI=1S/C22H23N3O/c1-17(26)21-23-25(19-13-9-6-10-14-19)20(15-16-22(2,3)4)24(21)18-11-7-5-8-12-18/h5-14,20H,1-4H3. The second-order valence-corrected chi connectivity index (χ2v) is 7.26. The van der Waals surface area contributed by atoms with Crippen LogP contribution in [0.1, 0.15) is 27.7 Å². The third-order valence-corrected chi connectivity index (χ3v) is 3.85. The van der Waals surface area contributed by atoms with Crippen molar-refractivity contribution in [2.24, 2.45) is 10.5 Å². The van der Waals surface area contributed by atoms with E-state index in [9.17, 15) is 4.79 Å². The Morgan fingerprint density at radius 1 is 0.962 bits per heavy atom. The number of nitrogens with zero attached hydrogens (tertiary/aromatic N) is 3. The molecule has 2 aromatic carbocycles. The zero-order valence-corrected chi connectivity index (χ0v) is 15.6. The predicted molar refractivity (Wildman–Crippen MR) is 107 cm³/mol. The van der Waals surface area contributed by atoms with Crippen LogP contribution in [-0.4, -0.2) is 17.8 Å². The maximum absolute atomic E-state index is 12.3. The molecule has 1 aliphatic heterocycles. The number of para-hydroxylation sites is 2. The fourth-order valence-electron chi connectivity index (χ4n) is 2.71. The molecule has 0 bridgehead atoms. The van der Waals surface area contributed by atoms with Gasteiger partial charge in [-0.25, -0.2) is 5.01 Å². The Labute approximate surface area is 155 Å². The lowest BCUT2D eigenvalue weighted by atomic mass is 9.98. The van der Waals surface area contributed by atoms with E-state index in [-0.39, 0.29) is 17.4 Å². The number of carbonyl (C=O) groups excluding carboxylic acids is 1. The number of rotatable bonds is 3. The number of Topliss-reactive ketones (excluding diaryl/α,β-unsaturated/α-hetero) is 1. The average Bonchev–Trinajstić information content (AvgIpc) is 3.01. The van der Waals surface area contributed by atoms with Gasteiger partial charge in [-0.1, -0.05) is 48.2 Å². The molecule has 1 atom stereocenters. The van der Waals surface area contributed by atoms with E-state index in [0.29, 0.717) is 5.84 Å². The van der Waals surface area contributed by atoms with Gasteiger partial charge in [0.05, 0.1) is 5.69 Å². The summed E-state index contributed by atoms with van der Waals surface area (Å²) in [6.07, 6.45) is -0.377. The van der Waals surface area contributed by atoms with Crippen molar-refractivity contribution in [3.63, 3.8) is 0 Å². The minimum absolute atomic E-state index is 0.0881. The summed E-state index contributed by atoms with van der Waals surface area (Å²) >= 11 is 0. The molecule has 0 radical (unpaired) electrons. The molecule has 1 aliphatic rings. The SMILES string of the molecule is CC(=O)C1=NN(c2ccccc2)C(C#CC(C)(C)C)N1c1ccccc1. The summed E-state index contributed by atoms with van der Waals surface area (Å²) in [5, 5.41) is 6.44. The van der Waals surface area contributed by atoms with E-state index in [4.69, 9.17) is 0 Å². The van der Waals surface area contributed by atoms with Gasteiger partial charge in [-0.05, 0) is 45.0 Å². The molecule has 0 spiro atoms. The highest BCUT2D eigenvalue weighted by molar-refractivity contribution is 6.44. The summed E-state index contributed by atoms with van der Waals surface area (Å²) in [6, 6.07) is 19.6. The fourth-order valence-corrected chi connectivity index (χ4v) is 2.71. The Balaban J connectivity index is 2.14. The molecule has 26 heavy (non-hydrogen) atoms. The van der Waals surface area contributed by atoms with Gasteiger partial charge in [-0.2, -0.15) is 0 Å². The quantitative estimate of drug-likeness (QED) is 0.779. The lowest BCUT2D eigenvalue weighted by Gasteiger charge is -2.28. The highest BCUT2D eigenvalue weighted by Crippen LogP contribution is 2.29. The molecule has 0 aliphatic carbocycles. The van der Waals surface area contributed by atoms with E-state index in [1.165, 1.54) is 6.92 Å². The molecule has 0 saturated carbocycles. The number of hydrazone groups is 1. The van der Waals surface area contributed by atoms with E-state index in [1.807, 2.05) is 70.6 Å². The van der Waals surface area contributed by atoms with Gasteiger partial charge in [0.15, 0.2) is 17.8 Å². The van der Waals surface area contributed by atoms with Gasteiger partial charge in [0.1, 0.15) is 0 Å². The molecule has 0 amide bonds. The zero-order chi connectivity index (χ0) is 18.7. The maximum atomic E-state index is 12.3. The third kappa shape index (κ3) is 3.78. The largest absolute Gasteiger partial charge is 0.291 e. The molecule has 0 aromatic heterocycles. The second-order valence-electron chi connectivity index (χ2n) is 7.26. The smallest absolute Gasteiger partial charge is 0.199 e. The summed E-state index contributed by atoms with van der Waals surface area (Å²) in [5.41, 5.74) is 1.65. The minimum Gasteiger partial charge on any atom is -0.291 e. The monoisotopic (exact) mass is 345 g/mol. The van der Waals surface area contributed by atoms with Gasteiger partial charge in [0, 0.05) is 18.0 Å². The third-order valence-electron chi connectivity index (χ3n) is 3.85. The number of ketones is 1. The Hall–Kier alpha value is -3.06. The Kier molecular flexibility index (Phi) is 4.81. The maximum Gasteiger partial charge on any atom is 0.199 e. The minimum atomic E-state index is -0.377. The van der Waals surface area contributed by atoms with Crippen LogP contribution < -0.4 is 9.91 Å². The number of amidine groups is 1. The highest BCUT2D eigenvalue weighted by atomic mass is 16.1. The number of anilines is 2. The van der Waals surface area contributed by atoms with E-state index >= 15 is 0 Å². The molecule has 1 unspecified atom stereocenters. The Morgan fingerprint density at radius 3 is 2.00 bits per heavy atom. The molecule has 1 heterocycles. The van der Waals surface area contributed by atoms with Crippen LogP contribution in [0.15, 0.2) is 65.8 Å². The summed E-state index contributed by atoms with van der Waals surface area (Å²) in [4.78, 5) is 14.2. The Morgan fingerprint density at radius 2 is 1.50 bits per heavy atom. The first kappa shape index (κ1) is 17.8. The first-order chi connectivity index (χ1) is 12.4. The van der Waals surface area contributed by atoms with E-state index < -0.39 is 0 Å². The van der Waals surface area contributed by atoms with Crippen LogP contribution in [0.3, 0.4) is 0 Å². The summed E-state index contributed by atoms with van der Waals surface area (Å²) < 4.78 is 0. The van der Waals surface area contributed by atoms with Crippen LogP contribution in [0.2, 0.25) is 0 Å². The summed E-state index contributed by atoms with van der Waals surface area (Å²) in [6.45, 7) is 7.75. The molecular weight excluding hydrogens is 322 g/mol. The molecule has 3 rings (SSSR count). The first-order valence-corrected chi connectivity index (χ1v) is 8.67. The molecule has 4 nitrogen and oxygen atoms in total. The Bertz CT molecular complexity index is 870. The van der Waals surface area contributed by atoms with Crippen LogP contribution in [0.4, 0.5) is 11.4 Å².